The number of benzene rings is 3. The Morgan fingerprint density at radius 2 is 1.74 bits per heavy atom. The molecule has 2 N–H and O–H groups in total. The molecule has 6 heteroatoms. The highest BCUT2D eigenvalue weighted by Crippen LogP contribution is 2.45. The number of amides is 1. The number of rotatable bonds is 5. The van der Waals surface area contributed by atoms with Crippen molar-refractivity contribution in [2.45, 2.75) is 37.9 Å². The third-order valence-corrected chi connectivity index (χ3v) is 7.06. The fourth-order valence-corrected chi connectivity index (χ4v) is 4.97. The fraction of sp³-hybridized carbons (Fsp3) is 0.345. The van der Waals surface area contributed by atoms with Crippen molar-refractivity contribution in [1.29, 1.82) is 0 Å². The van der Waals surface area contributed by atoms with Gasteiger partial charge in [0.05, 0.1) is 12.7 Å². The molecule has 1 fully saturated rings. The summed E-state index contributed by atoms with van der Waals surface area (Å²) in [7, 11) is 2.13. The minimum absolute atomic E-state index is 0.168. The number of hydrogen-bond donors (Lipinski definition) is 2. The van der Waals surface area contributed by atoms with E-state index < -0.39 is 6.10 Å². The number of nitrogens with zero attached hydrogens (tertiary/aromatic N) is 1. The molecule has 3 aromatic carbocycles. The summed E-state index contributed by atoms with van der Waals surface area (Å²) in [6.07, 6.45) is 1.95. The molecule has 1 atom stereocenters. The highest BCUT2D eigenvalue weighted by molar-refractivity contribution is 6.04. The minimum atomic E-state index is -0.540. The first-order valence-electron chi connectivity index (χ1n) is 12.3. The summed E-state index contributed by atoms with van der Waals surface area (Å²) in [6.45, 7) is 4.51. The quantitative estimate of drug-likeness (QED) is 0.528. The molecule has 6 nitrogen and oxygen atoms in total. The first kappa shape index (κ1) is 23.4. The molecule has 0 bridgehead atoms. The molecule has 2 aliphatic heterocycles. The molecule has 0 aromatic heterocycles. The second-order valence-corrected chi connectivity index (χ2v) is 9.55. The molecule has 35 heavy (non-hydrogen) atoms. The van der Waals surface area contributed by atoms with Crippen LogP contribution in [0.4, 0.5) is 5.69 Å². The Bertz CT molecular complexity index is 1180. The van der Waals surface area contributed by atoms with Crippen molar-refractivity contribution in [3.8, 4) is 22.6 Å². The Morgan fingerprint density at radius 3 is 2.43 bits per heavy atom. The predicted molar refractivity (Wildman–Crippen MR) is 137 cm³/mol. The van der Waals surface area contributed by atoms with Crippen molar-refractivity contribution in [2.75, 3.05) is 32.1 Å². The van der Waals surface area contributed by atoms with Crippen molar-refractivity contribution >= 4 is 11.6 Å². The highest BCUT2D eigenvalue weighted by Gasteiger charge is 2.42. The molecular weight excluding hydrogens is 440 g/mol. The lowest BCUT2D eigenvalue weighted by Gasteiger charge is -2.45. The van der Waals surface area contributed by atoms with Gasteiger partial charge >= 0.3 is 0 Å². The maximum Gasteiger partial charge on any atom is 0.255 e. The molecular formula is C29H32N2O4. The van der Waals surface area contributed by atoms with Gasteiger partial charge in [-0.05, 0) is 86.5 Å². The molecule has 1 spiro atoms. The zero-order valence-corrected chi connectivity index (χ0v) is 20.3. The molecule has 2 aliphatic rings. The molecule has 2 heterocycles. The van der Waals surface area contributed by atoms with Crippen molar-refractivity contribution < 1.29 is 19.4 Å². The largest absolute Gasteiger partial charge is 0.494 e. The average molecular weight is 473 g/mol. The van der Waals surface area contributed by atoms with Crippen LogP contribution in [0.5, 0.6) is 11.5 Å². The van der Waals surface area contributed by atoms with Crippen LogP contribution in [-0.4, -0.2) is 48.3 Å². The van der Waals surface area contributed by atoms with E-state index in [4.69, 9.17) is 9.47 Å². The van der Waals surface area contributed by atoms with Gasteiger partial charge in [0, 0.05) is 36.3 Å². The van der Waals surface area contributed by atoms with E-state index in [2.05, 4.69) is 17.3 Å². The van der Waals surface area contributed by atoms with Gasteiger partial charge in [-0.25, -0.2) is 0 Å². The number of hydrogen-bond acceptors (Lipinski definition) is 5. The summed E-state index contributed by atoms with van der Waals surface area (Å²) in [5.74, 6) is 1.39. The van der Waals surface area contributed by atoms with E-state index in [-0.39, 0.29) is 11.5 Å². The number of fused-ring (bicyclic) bond motifs is 1. The number of nitrogens with one attached hydrogen (secondary N) is 1. The van der Waals surface area contributed by atoms with Gasteiger partial charge in [0.2, 0.25) is 0 Å². The summed E-state index contributed by atoms with van der Waals surface area (Å²) < 4.78 is 11.9. The minimum Gasteiger partial charge on any atom is -0.494 e. The Hall–Kier alpha value is -3.35. The van der Waals surface area contributed by atoms with Gasteiger partial charge in [-0.2, -0.15) is 0 Å². The Kier molecular flexibility index (Phi) is 6.50. The molecule has 182 valence electrons. The lowest BCUT2D eigenvalue weighted by molar-refractivity contribution is -0.0503. The topological polar surface area (TPSA) is 71.0 Å². The van der Waals surface area contributed by atoms with Crippen LogP contribution in [0.3, 0.4) is 0 Å². The monoisotopic (exact) mass is 472 g/mol. The molecule has 0 saturated carbocycles. The number of piperidine rings is 1. The smallest absolute Gasteiger partial charge is 0.255 e. The maximum absolute atomic E-state index is 12.7. The second kappa shape index (κ2) is 9.72. The van der Waals surface area contributed by atoms with Crippen LogP contribution < -0.4 is 14.8 Å². The summed E-state index contributed by atoms with van der Waals surface area (Å²) in [5.41, 5.74) is 3.84. The van der Waals surface area contributed by atoms with E-state index >= 15 is 0 Å². The lowest BCUT2D eigenvalue weighted by Crippen LogP contribution is -2.49. The number of aliphatic hydroxyl groups is 1. The molecule has 3 aromatic rings. The molecule has 5 rings (SSSR count). The van der Waals surface area contributed by atoms with Gasteiger partial charge in [0.25, 0.3) is 5.91 Å². The van der Waals surface area contributed by atoms with Gasteiger partial charge < -0.3 is 24.8 Å². The SMILES string of the molecule is CCOc1ccc(NC(=O)c2ccc(-c3ccc4c(c3)C(O)CC3(CCN(C)CC3)O4)cc2)cc1. The summed E-state index contributed by atoms with van der Waals surface area (Å²) in [4.78, 5) is 15.0. The van der Waals surface area contributed by atoms with E-state index in [0.29, 0.717) is 24.3 Å². The first-order valence-corrected chi connectivity index (χ1v) is 12.3. The maximum atomic E-state index is 12.7. The molecule has 0 aliphatic carbocycles. The van der Waals surface area contributed by atoms with Crippen LogP contribution in [0.15, 0.2) is 66.7 Å². The molecule has 0 radical (unpaired) electrons. The number of aliphatic hydroxyl groups excluding tert-OH is 1. The van der Waals surface area contributed by atoms with Crippen LogP contribution in [0.1, 0.15) is 48.2 Å². The second-order valence-electron chi connectivity index (χ2n) is 9.55. The third kappa shape index (κ3) is 5.04. The van der Waals surface area contributed by atoms with Gasteiger partial charge in [0.1, 0.15) is 17.1 Å². The van der Waals surface area contributed by atoms with Crippen LogP contribution in [0.2, 0.25) is 0 Å². The van der Waals surface area contributed by atoms with Crippen LogP contribution in [0.25, 0.3) is 11.1 Å². The average Bonchev–Trinajstić information content (AvgIpc) is 2.87. The van der Waals surface area contributed by atoms with E-state index in [0.717, 1.165) is 54.1 Å². The fourth-order valence-electron chi connectivity index (χ4n) is 4.97. The summed E-state index contributed by atoms with van der Waals surface area (Å²) in [5, 5.41) is 13.9. The van der Waals surface area contributed by atoms with E-state index in [1.54, 1.807) is 0 Å². The predicted octanol–water partition coefficient (Wildman–Crippen LogP) is 5.28. The zero-order chi connectivity index (χ0) is 24.4. The van der Waals surface area contributed by atoms with Gasteiger partial charge in [-0.1, -0.05) is 18.2 Å². The molecule has 1 unspecified atom stereocenters. The standard InChI is InChI=1S/C29H32N2O4/c1-3-34-24-11-9-23(10-12-24)30-28(33)21-6-4-20(5-7-21)22-8-13-27-25(18-22)26(32)19-29(35-27)14-16-31(2)17-15-29/h4-13,18,26,32H,3,14-17,19H2,1-2H3,(H,30,33). The first-order chi connectivity index (χ1) is 16.9. The van der Waals surface area contributed by atoms with Crippen LogP contribution >= 0.6 is 0 Å². The Morgan fingerprint density at radius 1 is 1.06 bits per heavy atom. The molecule has 1 amide bonds. The van der Waals surface area contributed by atoms with Gasteiger partial charge in [-0.3, -0.25) is 4.79 Å². The van der Waals surface area contributed by atoms with Crippen molar-refractivity contribution in [3.63, 3.8) is 0 Å². The summed E-state index contributed by atoms with van der Waals surface area (Å²) >= 11 is 0. The normalized spacial score (nSPS) is 19.0. The molecule has 1 saturated heterocycles. The van der Waals surface area contributed by atoms with Crippen molar-refractivity contribution in [2.24, 2.45) is 0 Å². The van der Waals surface area contributed by atoms with Crippen LogP contribution in [-0.2, 0) is 0 Å². The number of ether oxygens (including phenoxy) is 2. The van der Waals surface area contributed by atoms with Gasteiger partial charge in [0.15, 0.2) is 0 Å². The number of anilines is 1. The lowest BCUT2D eigenvalue weighted by atomic mass is 9.81. The summed E-state index contributed by atoms with van der Waals surface area (Å²) in [6, 6.07) is 20.8. The van der Waals surface area contributed by atoms with E-state index in [1.165, 1.54) is 0 Å². The Labute approximate surface area is 206 Å². The van der Waals surface area contributed by atoms with E-state index in [9.17, 15) is 9.90 Å². The third-order valence-electron chi connectivity index (χ3n) is 7.06. The van der Waals surface area contributed by atoms with Crippen LogP contribution in [0, 0.1) is 0 Å². The van der Waals surface area contributed by atoms with Gasteiger partial charge in [-0.15, -0.1) is 0 Å². The highest BCUT2D eigenvalue weighted by atomic mass is 16.5. The van der Waals surface area contributed by atoms with Crippen molar-refractivity contribution in [1.82, 2.24) is 4.90 Å². The number of carbonyl (C=O) groups is 1. The number of carbonyl (C=O) groups excluding carboxylic acids is 1. The zero-order valence-electron chi connectivity index (χ0n) is 20.3. The van der Waals surface area contributed by atoms with Crippen molar-refractivity contribution in [3.05, 3.63) is 77.9 Å². The van der Waals surface area contributed by atoms with E-state index in [1.807, 2.05) is 73.7 Å². The Balaban J connectivity index is 1.28. The number of likely N-dealkylation sites (tertiary alicyclic amines) is 1.